The van der Waals surface area contributed by atoms with E-state index in [2.05, 4.69) is 5.32 Å². The molecule has 1 rings (SSSR count). The number of nitrogens with one attached hydrogen (secondary N) is 1. The van der Waals surface area contributed by atoms with E-state index >= 15 is 0 Å². The second-order valence-electron chi connectivity index (χ2n) is 3.45. The van der Waals surface area contributed by atoms with Gasteiger partial charge in [0, 0.05) is 19.1 Å². The van der Waals surface area contributed by atoms with Crippen molar-refractivity contribution in [1.82, 2.24) is 5.32 Å². The van der Waals surface area contributed by atoms with Crippen LogP contribution in [0.1, 0.15) is 12.5 Å². The van der Waals surface area contributed by atoms with E-state index in [1.165, 1.54) is 37.3 Å². The Morgan fingerprint density at radius 2 is 1.89 bits per heavy atom. The quantitative estimate of drug-likeness (QED) is 0.460. The highest BCUT2D eigenvalue weighted by atomic mass is 16.6. The van der Waals surface area contributed by atoms with Gasteiger partial charge in [-0.25, -0.2) is 0 Å². The van der Waals surface area contributed by atoms with Crippen LogP contribution in [0.5, 0.6) is 0 Å². The summed E-state index contributed by atoms with van der Waals surface area (Å²) in [5.74, 6) is -1.22. The third-order valence-corrected chi connectivity index (χ3v) is 1.99. The van der Waals surface area contributed by atoms with Crippen LogP contribution in [0.4, 0.5) is 5.69 Å². The second-order valence-corrected chi connectivity index (χ2v) is 3.45. The topological polar surface area (TPSA) is 115 Å². The van der Waals surface area contributed by atoms with Gasteiger partial charge in [0.15, 0.2) is 0 Å². The number of nitro benzene ring substituents is 1. The van der Waals surface area contributed by atoms with E-state index < -0.39 is 16.7 Å². The number of rotatable bonds is 4. The number of benzene rings is 1. The smallest absolute Gasteiger partial charge is 0.269 e. The van der Waals surface area contributed by atoms with Crippen LogP contribution in [-0.2, 0) is 9.59 Å². The molecule has 0 fully saturated rings. The first-order valence-electron chi connectivity index (χ1n) is 4.93. The monoisotopic (exact) mass is 249 g/mol. The summed E-state index contributed by atoms with van der Waals surface area (Å²) in [6.07, 6.45) is 1.34. The number of hydrogen-bond donors (Lipinski definition) is 2. The van der Waals surface area contributed by atoms with E-state index in [4.69, 9.17) is 5.73 Å². The van der Waals surface area contributed by atoms with Crippen molar-refractivity contribution < 1.29 is 14.5 Å². The fraction of sp³-hybridized carbons (Fsp3) is 0.0909. The molecule has 0 radical (unpaired) electrons. The van der Waals surface area contributed by atoms with Crippen molar-refractivity contribution in [3.05, 3.63) is 45.6 Å². The van der Waals surface area contributed by atoms with Crippen LogP contribution in [0.3, 0.4) is 0 Å². The van der Waals surface area contributed by atoms with Gasteiger partial charge in [-0.05, 0) is 23.8 Å². The predicted molar refractivity (Wildman–Crippen MR) is 64.1 cm³/mol. The molecular weight excluding hydrogens is 238 g/mol. The molecule has 0 spiro atoms. The zero-order valence-corrected chi connectivity index (χ0v) is 9.54. The molecule has 0 aliphatic rings. The standard InChI is InChI=1S/C11H11N3O4/c1-7(15)13-10(11(12)16)6-8-2-4-9(5-3-8)14(17)18/h2-6H,1H3,(H2,12,16)(H,13,15)/b10-6+. The minimum absolute atomic E-state index is 0.0627. The van der Waals surface area contributed by atoms with Crippen molar-refractivity contribution in [2.75, 3.05) is 0 Å². The summed E-state index contributed by atoms with van der Waals surface area (Å²) in [6, 6.07) is 5.47. The molecule has 0 atom stereocenters. The highest BCUT2D eigenvalue weighted by molar-refractivity contribution is 5.99. The summed E-state index contributed by atoms with van der Waals surface area (Å²) in [4.78, 5) is 31.8. The molecule has 94 valence electrons. The fourth-order valence-corrected chi connectivity index (χ4v) is 1.22. The van der Waals surface area contributed by atoms with Crippen molar-refractivity contribution in [2.24, 2.45) is 5.73 Å². The first-order chi connectivity index (χ1) is 8.40. The van der Waals surface area contributed by atoms with E-state index in [1.807, 2.05) is 0 Å². The van der Waals surface area contributed by atoms with Gasteiger partial charge in [-0.2, -0.15) is 0 Å². The van der Waals surface area contributed by atoms with Crippen molar-refractivity contribution in [2.45, 2.75) is 6.92 Å². The molecule has 1 aromatic rings. The first-order valence-corrected chi connectivity index (χ1v) is 4.93. The average molecular weight is 249 g/mol. The zero-order chi connectivity index (χ0) is 13.7. The van der Waals surface area contributed by atoms with Gasteiger partial charge in [0.05, 0.1) is 4.92 Å². The van der Waals surface area contributed by atoms with Crippen LogP contribution in [-0.4, -0.2) is 16.7 Å². The van der Waals surface area contributed by atoms with Crippen molar-refractivity contribution in [3.8, 4) is 0 Å². The zero-order valence-electron chi connectivity index (χ0n) is 9.54. The minimum Gasteiger partial charge on any atom is -0.364 e. The Morgan fingerprint density at radius 3 is 2.28 bits per heavy atom. The summed E-state index contributed by atoms with van der Waals surface area (Å²) in [7, 11) is 0. The first kappa shape index (κ1) is 13.4. The third-order valence-electron chi connectivity index (χ3n) is 1.99. The highest BCUT2D eigenvalue weighted by Gasteiger charge is 2.08. The van der Waals surface area contributed by atoms with E-state index in [9.17, 15) is 19.7 Å². The molecule has 0 saturated heterocycles. The molecule has 2 amide bonds. The van der Waals surface area contributed by atoms with E-state index in [1.54, 1.807) is 0 Å². The maximum Gasteiger partial charge on any atom is 0.269 e. The van der Waals surface area contributed by atoms with Crippen molar-refractivity contribution in [3.63, 3.8) is 0 Å². The Hall–Kier alpha value is -2.70. The minimum atomic E-state index is -0.788. The summed E-state index contributed by atoms with van der Waals surface area (Å²) in [6.45, 7) is 1.24. The Balaban J connectivity index is 3.01. The van der Waals surface area contributed by atoms with Gasteiger partial charge in [-0.15, -0.1) is 0 Å². The van der Waals surface area contributed by atoms with Crippen LogP contribution < -0.4 is 11.1 Å². The number of hydrogen-bond acceptors (Lipinski definition) is 4. The fourth-order valence-electron chi connectivity index (χ4n) is 1.22. The molecule has 1 aromatic carbocycles. The van der Waals surface area contributed by atoms with Crippen LogP contribution >= 0.6 is 0 Å². The molecule has 0 saturated carbocycles. The van der Waals surface area contributed by atoms with Crippen molar-refractivity contribution in [1.29, 1.82) is 0 Å². The van der Waals surface area contributed by atoms with Gasteiger partial charge < -0.3 is 11.1 Å². The van der Waals surface area contributed by atoms with Gasteiger partial charge in [0.1, 0.15) is 5.70 Å². The lowest BCUT2D eigenvalue weighted by Gasteiger charge is -2.03. The van der Waals surface area contributed by atoms with Crippen LogP contribution in [0.2, 0.25) is 0 Å². The molecule has 0 aliphatic heterocycles. The lowest BCUT2D eigenvalue weighted by Crippen LogP contribution is -2.29. The largest absolute Gasteiger partial charge is 0.364 e. The molecule has 0 aliphatic carbocycles. The van der Waals surface area contributed by atoms with E-state index in [0.717, 1.165) is 0 Å². The van der Waals surface area contributed by atoms with Gasteiger partial charge in [-0.1, -0.05) is 0 Å². The SMILES string of the molecule is CC(=O)N/C(=C/c1ccc([N+](=O)[O-])cc1)C(N)=O. The molecule has 0 bridgehead atoms. The molecular formula is C11H11N3O4. The molecule has 7 heteroatoms. The second kappa shape index (κ2) is 5.58. The van der Waals surface area contributed by atoms with Gasteiger partial charge >= 0.3 is 0 Å². The lowest BCUT2D eigenvalue weighted by molar-refractivity contribution is -0.384. The number of amides is 2. The van der Waals surface area contributed by atoms with E-state index in [0.29, 0.717) is 5.56 Å². The third kappa shape index (κ3) is 3.71. The molecule has 0 unspecified atom stereocenters. The number of nitro groups is 1. The molecule has 0 heterocycles. The van der Waals surface area contributed by atoms with Gasteiger partial charge in [0.2, 0.25) is 5.91 Å². The van der Waals surface area contributed by atoms with Crippen LogP contribution in [0.25, 0.3) is 6.08 Å². The van der Waals surface area contributed by atoms with E-state index in [-0.39, 0.29) is 11.4 Å². The highest BCUT2D eigenvalue weighted by Crippen LogP contribution is 2.13. The number of nitrogens with zero attached hydrogens (tertiary/aromatic N) is 1. The Kier molecular flexibility index (Phi) is 4.14. The van der Waals surface area contributed by atoms with Crippen LogP contribution in [0, 0.1) is 10.1 Å². The maximum atomic E-state index is 11.0. The Bertz CT molecular complexity index is 520. The van der Waals surface area contributed by atoms with Crippen molar-refractivity contribution >= 4 is 23.6 Å². The van der Waals surface area contributed by atoms with Crippen LogP contribution in [0.15, 0.2) is 30.0 Å². The summed E-state index contributed by atoms with van der Waals surface area (Å²) in [5.41, 5.74) is 5.46. The number of nitrogens with two attached hydrogens (primary N) is 1. The van der Waals surface area contributed by atoms with Gasteiger partial charge in [-0.3, -0.25) is 19.7 Å². The predicted octanol–water partition coefficient (Wildman–Crippen LogP) is 0.557. The summed E-state index contributed by atoms with van der Waals surface area (Å²) in [5, 5.41) is 12.7. The molecule has 7 nitrogen and oxygen atoms in total. The summed E-state index contributed by atoms with van der Waals surface area (Å²) >= 11 is 0. The Labute approximate surface area is 102 Å². The number of carbonyl (C=O) groups excluding carboxylic acids is 2. The normalized spacial score (nSPS) is 10.8. The number of primary amides is 1. The number of carbonyl (C=O) groups is 2. The molecule has 3 N–H and O–H groups in total. The maximum absolute atomic E-state index is 11.0. The number of non-ortho nitro benzene ring substituents is 1. The average Bonchev–Trinajstić information content (AvgIpc) is 2.28. The lowest BCUT2D eigenvalue weighted by atomic mass is 10.1. The summed E-state index contributed by atoms with van der Waals surface area (Å²) < 4.78 is 0. The van der Waals surface area contributed by atoms with Gasteiger partial charge in [0.25, 0.3) is 11.6 Å². The molecule has 18 heavy (non-hydrogen) atoms. The Morgan fingerprint density at radius 1 is 1.33 bits per heavy atom. The molecule has 0 aromatic heterocycles.